The van der Waals surface area contributed by atoms with Gasteiger partial charge in [0, 0.05) is 5.41 Å². The summed E-state index contributed by atoms with van der Waals surface area (Å²) < 4.78 is 0. The number of allylic oxidation sites excluding steroid dienone is 17. The minimum absolute atomic E-state index is 0.00640. The molecule has 1 fully saturated rings. The number of hydrogen-bond donors (Lipinski definition) is 2. The molecule has 2 aliphatic carbocycles. The van der Waals surface area contributed by atoms with Crippen LogP contribution in [-0.4, -0.2) is 28.2 Å². The molecule has 0 aromatic rings. The molecule has 0 radical (unpaired) electrons. The summed E-state index contributed by atoms with van der Waals surface area (Å²) in [5.41, 5.74) is 6.01. The van der Waals surface area contributed by atoms with E-state index in [0.29, 0.717) is 12.8 Å². The summed E-state index contributed by atoms with van der Waals surface area (Å²) >= 11 is 0. The number of hydrogen-bond acceptors (Lipinski definition) is 3. The van der Waals surface area contributed by atoms with Crippen LogP contribution in [0.3, 0.4) is 0 Å². The molecule has 0 aromatic heterocycles. The molecule has 3 heteroatoms. The van der Waals surface area contributed by atoms with Crippen LogP contribution >= 0.6 is 0 Å². The molecule has 2 N–H and O–H groups in total. The Balaban J connectivity index is 1.93. The molecule has 1 saturated carbocycles. The lowest BCUT2D eigenvalue weighted by Crippen LogP contribution is -2.38. The van der Waals surface area contributed by atoms with Crippen molar-refractivity contribution in [2.75, 3.05) is 0 Å². The van der Waals surface area contributed by atoms with Crippen LogP contribution in [0.15, 0.2) is 106 Å². The Bertz CT molecular complexity index is 1240. The van der Waals surface area contributed by atoms with Crippen LogP contribution in [0, 0.1) is 16.2 Å². The van der Waals surface area contributed by atoms with E-state index in [4.69, 9.17) is 0 Å². The molecule has 0 spiro atoms. The van der Waals surface area contributed by atoms with E-state index in [0.717, 1.165) is 29.6 Å². The van der Waals surface area contributed by atoms with E-state index < -0.39 is 11.5 Å². The lowest BCUT2D eigenvalue weighted by atomic mass is 9.65. The second-order valence-electron chi connectivity index (χ2n) is 13.8. The maximum Gasteiger partial charge on any atom is 0.165 e. The second-order valence-corrected chi connectivity index (χ2v) is 13.8. The zero-order valence-electron chi connectivity index (χ0n) is 27.2. The van der Waals surface area contributed by atoms with Crippen LogP contribution in [0.4, 0.5) is 0 Å². The minimum Gasteiger partial charge on any atom is -0.393 e. The Kier molecular flexibility index (Phi) is 12.1. The summed E-state index contributed by atoms with van der Waals surface area (Å²) in [5.74, 6) is 0.126. The van der Waals surface area contributed by atoms with Gasteiger partial charge in [-0.1, -0.05) is 130 Å². The molecule has 3 atom stereocenters. The van der Waals surface area contributed by atoms with Gasteiger partial charge in [0.1, 0.15) is 0 Å². The third-order valence-corrected chi connectivity index (χ3v) is 8.99. The molecule has 0 bridgehead atoms. The molecule has 0 saturated heterocycles. The van der Waals surface area contributed by atoms with Crippen LogP contribution in [-0.2, 0) is 4.79 Å². The highest BCUT2D eigenvalue weighted by atomic mass is 16.3. The zero-order chi connectivity index (χ0) is 31.0. The molecule has 2 aliphatic rings. The summed E-state index contributed by atoms with van der Waals surface area (Å²) in [6.45, 7) is 20.8. The predicted molar refractivity (Wildman–Crippen MR) is 175 cm³/mol. The van der Waals surface area contributed by atoms with E-state index in [-0.39, 0.29) is 22.7 Å². The average molecular weight is 559 g/mol. The van der Waals surface area contributed by atoms with E-state index in [9.17, 15) is 15.0 Å². The van der Waals surface area contributed by atoms with Crippen molar-refractivity contribution in [1.82, 2.24) is 0 Å². The van der Waals surface area contributed by atoms with Gasteiger partial charge >= 0.3 is 0 Å². The fourth-order valence-corrected chi connectivity index (χ4v) is 6.22. The Morgan fingerprint density at radius 2 is 1.22 bits per heavy atom. The van der Waals surface area contributed by atoms with Crippen LogP contribution in [0.5, 0.6) is 0 Å². The molecule has 3 unspecified atom stereocenters. The van der Waals surface area contributed by atoms with Crippen LogP contribution in [0.2, 0.25) is 0 Å². The quantitative estimate of drug-likeness (QED) is 0.207. The first-order valence-electron chi connectivity index (χ1n) is 15.0. The van der Waals surface area contributed by atoms with Crippen LogP contribution in [0.1, 0.15) is 94.9 Å². The highest BCUT2D eigenvalue weighted by Gasteiger charge is 2.53. The van der Waals surface area contributed by atoms with Gasteiger partial charge in [-0.3, -0.25) is 4.79 Å². The van der Waals surface area contributed by atoms with Crippen molar-refractivity contribution >= 4 is 5.78 Å². The van der Waals surface area contributed by atoms with Crippen molar-refractivity contribution in [2.24, 2.45) is 16.2 Å². The summed E-state index contributed by atoms with van der Waals surface area (Å²) in [5, 5.41) is 20.2. The number of ketones is 1. The van der Waals surface area contributed by atoms with Gasteiger partial charge in [0.15, 0.2) is 5.78 Å². The van der Waals surface area contributed by atoms with E-state index in [1.807, 2.05) is 57.2 Å². The molecule has 41 heavy (non-hydrogen) atoms. The van der Waals surface area contributed by atoms with Crippen molar-refractivity contribution in [3.05, 3.63) is 106 Å². The summed E-state index contributed by atoms with van der Waals surface area (Å²) in [6, 6.07) is 0. The van der Waals surface area contributed by atoms with Gasteiger partial charge in [0.25, 0.3) is 0 Å². The lowest BCUT2D eigenvalue weighted by Gasteiger charge is -2.36. The van der Waals surface area contributed by atoms with Gasteiger partial charge in [-0.25, -0.2) is 0 Å². The number of aliphatic hydroxyl groups excluding tert-OH is 2. The van der Waals surface area contributed by atoms with Gasteiger partial charge in [-0.05, 0) is 82.3 Å². The number of carbonyl (C=O) groups excluding carboxylic acids is 1. The maximum atomic E-state index is 13.2. The number of Topliss-reactive ketones (excluding diaryl/α,β-unsaturated/α-hetero) is 1. The van der Waals surface area contributed by atoms with Crippen molar-refractivity contribution in [1.29, 1.82) is 0 Å². The minimum atomic E-state index is -0.535. The molecule has 0 aromatic carbocycles. The molecule has 2 rings (SSSR count). The molecule has 0 amide bonds. The monoisotopic (exact) mass is 558 g/mol. The maximum absolute atomic E-state index is 13.2. The Labute approximate surface area is 250 Å². The third-order valence-electron chi connectivity index (χ3n) is 8.99. The molecular weight excluding hydrogens is 504 g/mol. The highest BCUT2D eigenvalue weighted by Crippen LogP contribution is 2.53. The fourth-order valence-electron chi connectivity index (χ4n) is 6.22. The lowest BCUT2D eigenvalue weighted by molar-refractivity contribution is -0.128. The zero-order valence-corrected chi connectivity index (χ0v) is 27.2. The number of carbonyl (C=O) groups is 1. The molecular formula is C38H54O3. The van der Waals surface area contributed by atoms with E-state index >= 15 is 0 Å². The van der Waals surface area contributed by atoms with Crippen LogP contribution in [0.25, 0.3) is 0 Å². The summed E-state index contributed by atoms with van der Waals surface area (Å²) in [4.78, 5) is 13.2. The van der Waals surface area contributed by atoms with Crippen molar-refractivity contribution in [3.63, 3.8) is 0 Å². The Hall–Kier alpha value is -2.75. The summed E-state index contributed by atoms with van der Waals surface area (Å²) in [7, 11) is 0. The first-order valence-corrected chi connectivity index (χ1v) is 15.0. The van der Waals surface area contributed by atoms with Gasteiger partial charge in [0.2, 0.25) is 0 Å². The van der Waals surface area contributed by atoms with Gasteiger partial charge in [-0.2, -0.15) is 0 Å². The highest BCUT2D eigenvalue weighted by molar-refractivity contribution is 6.00. The average Bonchev–Trinajstić information content (AvgIpc) is 3.06. The van der Waals surface area contributed by atoms with E-state index in [2.05, 4.69) is 84.9 Å². The van der Waals surface area contributed by atoms with E-state index in [1.54, 1.807) is 0 Å². The number of rotatable bonds is 10. The Morgan fingerprint density at radius 3 is 1.73 bits per heavy atom. The topological polar surface area (TPSA) is 57.5 Å². The molecule has 224 valence electrons. The van der Waals surface area contributed by atoms with Crippen molar-refractivity contribution in [3.8, 4) is 0 Å². The molecule has 0 aliphatic heterocycles. The largest absolute Gasteiger partial charge is 0.393 e. The predicted octanol–water partition coefficient (Wildman–Crippen LogP) is 9.25. The van der Waals surface area contributed by atoms with Gasteiger partial charge in [0.05, 0.1) is 12.2 Å². The SMILES string of the molecule is CC(C=CC=C(C)C=CC1=C(C)CC(O)CC1(C)C)=CC=CC=C(C)C=CC=C(C)C(=O)C1(C)CC(O)CC1(C)C. The second kappa shape index (κ2) is 14.4. The fraction of sp³-hybridized carbons (Fsp3) is 0.500. The summed E-state index contributed by atoms with van der Waals surface area (Å²) in [6.07, 6.45) is 26.7. The van der Waals surface area contributed by atoms with Gasteiger partial charge < -0.3 is 10.2 Å². The molecule has 0 heterocycles. The standard InChI is InChI=1S/C38H54O3/c1-27(17-13-18-29(3)21-22-34-31(5)23-32(39)24-36(34,6)7)15-11-12-16-28(2)19-14-20-30(4)35(41)38(10)26-33(40)25-37(38,8)9/h11-22,32-33,39-40H,23-26H2,1-10H3. The van der Waals surface area contributed by atoms with Crippen molar-refractivity contribution in [2.45, 2.75) is 107 Å². The first-order chi connectivity index (χ1) is 19.0. The van der Waals surface area contributed by atoms with Crippen LogP contribution < -0.4 is 0 Å². The smallest absolute Gasteiger partial charge is 0.165 e. The van der Waals surface area contributed by atoms with Crippen molar-refractivity contribution < 1.29 is 15.0 Å². The van der Waals surface area contributed by atoms with Gasteiger partial charge in [-0.15, -0.1) is 0 Å². The first kappa shape index (κ1) is 34.5. The Morgan fingerprint density at radius 1 is 0.707 bits per heavy atom. The normalized spacial score (nSPS) is 28.3. The third kappa shape index (κ3) is 9.65. The van der Waals surface area contributed by atoms with E-state index in [1.165, 1.54) is 16.7 Å². The molecule has 3 nitrogen and oxygen atoms in total. The number of aliphatic hydroxyl groups is 2.